The van der Waals surface area contributed by atoms with Gasteiger partial charge in [0.1, 0.15) is 0 Å². The van der Waals surface area contributed by atoms with Crippen LogP contribution in [-0.2, 0) is 17.8 Å². The number of rotatable bonds is 3. The van der Waals surface area contributed by atoms with Gasteiger partial charge < -0.3 is 20.4 Å². The minimum atomic E-state index is -0.0781. The Morgan fingerprint density at radius 1 is 1.24 bits per heavy atom. The quantitative estimate of drug-likeness (QED) is 0.849. The summed E-state index contributed by atoms with van der Waals surface area (Å²) < 4.78 is 0. The SMILES string of the molecule is C[C@@H]1CNCCN1C(=O)CCNC(=O)N1CCc2ccccc2C1.Cl. The lowest BCUT2D eigenvalue weighted by molar-refractivity contribution is -0.133. The van der Waals surface area contributed by atoms with Crippen LogP contribution in [0.1, 0.15) is 24.5 Å². The molecular formula is C18H27ClN4O2. The van der Waals surface area contributed by atoms with E-state index in [1.54, 1.807) is 0 Å². The fourth-order valence-corrected chi connectivity index (χ4v) is 3.41. The average Bonchev–Trinajstić information content (AvgIpc) is 2.61. The van der Waals surface area contributed by atoms with E-state index in [4.69, 9.17) is 0 Å². The summed E-state index contributed by atoms with van der Waals surface area (Å²) in [5.74, 6) is 0.119. The molecule has 1 aromatic carbocycles. The van der Waals surface area contributed by atoms with Crippen LogP contribution in [0.3, 0.4) is 0 Å². The fourth-order valence-electron chi connectivity index (χ4n) is 3.41. The van der Waals surface area contributed by atoms with Crippen LogP contribution in [0.2, 0.25) is 0 Å². The molecule has 6 nitrogen and oxygen atoms in total. The highest BCUT2D eigenvalue weighted by molar-refractivity contribution is 5.85. The number of nitrogens with one attached hydrogen (secondary N) is 2. The van der Waals surface area contributed by atoms with Crippen molar-refractivity contribution in [2.24, 2.45) is 0 Å². The lowest BCUT2D eigenvalue weighted by Gasteiger charge is -2.34. The van der Waals surface area contributed by atoms with Crippen molar-refractivity contribution in [2.75, 3.05) is 32.7 Å². The van der Waals surface area contributed by atoms with Crippen LogP contribution >= 0.6 is 12.4 Å². The summed E-state index contributed by atoms with van der Waals surface area (Å²) in [7, 11) is 0. The first kappa shape index (κ1) is 19.5. The molecule has 2 aliphatic heterocycles. The molecule has 2 heterocycles. The third kappa shape index (κ3) is 4.86. The van der Waals surface area contributed by atoms with Gasteiger partial charge in [-0.1, -0.05) is 24.3 Å². The van der Waals surface area contributed by atoms with E-state index in [0.717, 1.165) is 32.6 Å². The van der Waals surface area contributed by atoms with Gasteiger partial charge in [0.2, 0.25) is 5.91 Å². The molecule has 0 radical (unpaired) electrons. The number of fused-ring (bicyclic) bond motifs is 1. The van der Waals surface area contributed by atoms with E-state index in [2.05, 4.69) is 22.8 Å². The Morgan fingerprint density at radius 3 is 2.76 bits per heavy atom. The number of hydrogen-bond donors (Lipinski definition) is 2. The first-order valence-corrected chi connectivity index (χ1v) is 8.75. The Labute approximate surface area is 155 Å². The highest BCUT2D eigenvalue weighted by atomic mass is 35.5. The zero-order valence-corrected chi connectivity index (χ0v) is 15.5. The summed E-state index contributed by atoms with van der Waals surface area (Å²) >= 11 is 0. The number of urea groups is 1. The van der Waals surface area contributed by atoms with Gasteiger partial charge in [0.25, 0.3) is 0 Å². The Hall–Kier alpha value is -1.79. The van der Waals surface area contributed by atoms with Crippen molar-refractivity contribution in [3.05, 3.63) is 35.4 Å². The van der Waals surface area contributed by atoms with Crippen molar-refractivity contribution in [1.29, 1.82) is 0 Å². The molecule has 1 atom stereocenters. The van der Waals surface area contributed by atoms with Gasteiger partial charge in [0, 0.05) is 51.7 Å². The Balaban J connectivity index is 0.00000225. The van der Waals surface area contributed by atoms with E-state index in [-0.39, 0.29) is 30.4 Å². The summed E-state index contributed by atoms with van der Waals surface area (Å²) in [6.07, 6.45) is 1.25. The van der Waals surface area contributed by atoms with Crippen LogP contribution in [0.15, 0.2) is 24.3 Å². The van der Waals surface area contributed by atoms with Crippen molar-refractivity contribution in [3.63, 3.8) is 0 Å². The number of nitrogens with zero attached hydrogens (tertiary/aromatic N) is 2. The van der Waals surface area contributed by atoms with Crippen molar-refractivity contribution < 1.29 is 9.59 Å². The maximum Gasteiger partial charge on any atom is 0.317 e. The molecule has 25 heavy (non-hydrogen) atoms. The minimum absolute atomic E-state index is 0. The molecule has 0 spiro atoms. The number of hydrogen-bond acceptors (Lipinski definition) is 3. The molecule has 2 N–H and O–H groups in total. The van der Waals surface area contributed by atoms with Crippen molar-refractivity contribution in [1.82, 2.24) is 20.4 Å². The van der Waals surface area contributed by atoms with Crippen LogP contribution < -0.4 is 10.6 Å². The van der Waals surface area contributed by atoms with E-state index in [9.17, 15) is 9.59 Å². The molecule has 7 heteroatoms. The molecule has 0 aromatic heterocycles. The van der Waals surface area contributed by atoms with E-state index in [1.807, 2.05) is 28.9 Å². The molecule has 138 valence electrons. The van der Waals surface area contributed by atoms with Gasteiger partial charge in [-0.2, -0.15) is 0 Å². The Morgan fingerprint density at radius 2 is 2.00 bits per heavy atom. The van der Waals surface area contributed by atoms with Crippen molar-refractivity contribution in [3.8, 4) is 0 Å². The summed E-state index contributed by atoms with van der Waals surface area (Å²) in [5, 5.41) is 6.17. The van der Waals surface area contributed by atoms with Crippen molar-refractivity contribution in [2.45, 2.75) is 32.4 Å². The number of halogens is 1. The van der Waals surface area contributed by atoms with E-state index in [0.29, 0.717) is 19.5 Å². The number of benzene rings is 1. The molecule has 1 fully saturated rings. The van der Waals surface area contributed by atoms with E-state index >= 15 is 0 Å². The molecule has 0 saturated carbocycles. The highest BCUT2D eigenvalue weighted by Crippen LogP contribution is 2.18. The predicted octanol–water partition coefficient (Wildman–Crippen LogP) is 1.39. The van der Waals surface area contributed by atoms with E-state index in [1.165, 1.54) is 11.1 Å². The first-order chi connectivity index (χ1) is 11.6. The number of carbonyl (C=O) groups excluding carboxylic acids is 2. The number of amides is 3. The van der Waals surface area contributed by atoms with Crippen LogP contribution in [0.25, 0.3) is 0 Å². The first-order valence-electron chi connectivity index (χ1n) is 8.75. The van der Waals surface area contributed by atoms with Crippen LogP contribution in [0.4, 0.5) is 4.79 Å². The molecule has 0 unspecified atom stereocenters. The average molecular weight is 367 g/mol. The Bertz CT molecular complexity index is 610. The van der Waals surface area contributed by atoms with Gasteiger partial charge in [0.15, 0.2) is 0 Å². The second kappa shape index (κ2) is 9.06. The van der Waals surface area contributed by atoms with Crippen molar-refractivity contribution >= 4 is 24.3 Å². The Kier molecular flexibility index (Phi) is 7.08. The second-order valence-electron chi connectivity index (χ2n) is 6.56. The van der Waals surface area contributed by atoms with Gasteiger partial charge in [-0.05, 0) is 24.5 Å². The molecule has 0 aliphatic carbocycles. The summed E-state index contributed by atoms with van der Waals surface area (Å²) in [5.41, 5.74) is 2.54. The van der Waals surface area contributed by atoms with Gasteiger partial charge in [-0.25, -0.2) is 4.79 Å². The maximum atomic E-state index is 12.3. The maximum absolute atomic E-state index is 12.3. The minimum Gasteiger partial charge on any atom is -0.337 e. The molecule has 3 amide bonds. The van der Waals surface area contributed by atoms with Gasteiger partial charge in [-0.15, -0.1) is 12.4 Å². The predicted molar refractivity (Wildman–Crippen MR) is 99.9 cm³/mol. The fraction of sp³-hybridized carbons (Fsp3) is 0.556. The zero-order valence-electron chi connectivity index (χ0n) is 14.7. The highest BCUT2D eigenvalue weighted by Gasteiger charge is 2.23. The summed E-state index contributed by atoms with van der Waals surface area (Å²) in [6.45, 7) is 6.24. The molecule has 2 aliphatic rings. The van der Waals surface area contributed by atoms with Crippen LogP contribution in [0.5, 0.6) is 0 Å². The number of piperazine rings is 1. The molecule has 0 bridgehead atoms. The third-order valence-electron chi connectivity index (χ3n) is 4.85. The van der Waals surface area contributed by atoms with Crippen LogP contribution in [0, 0.1) is 0 Å². The van der Waals surface area contributed by atoms with Crippen LogP contribution in [-0.4, -0.2) is 60.5 Å². The molecule has 1 aromatic rings. The molecule has 1 saturated heterocycles. The van der Waals surface area contributed by atoms with Gasteiger partial charge in [0.05, 0.1) is 0 Å². The number of carbonyl (C=O) groups is 2. The monoisotopic (exact) mass is 366 g/mol. The second-order valence-corrected chi connectivity index (χ2v) is 6.56. The standard InChI is InChI=1S/C18H26N4O2.ClH/c1-14-12-19-9-11-22(14)17(23)6-8-20-18(24)21-10-7-15-4-2-3-5-16(15)13-21;/h2-5,14,19H,6-13H2,1H3,(H,20,24);1H/t14-;/m1./s1. The largest absolute Gasteiger partial charge is 0.337 e. The smallest absolute Gasteiger partial charge is 0.317 e. The third-order valence-corrected chi connectivity index (χ3v) is 4.85. The molecular weight excluding hydrogens is 340 g/mol. The van der Waals surface area contributed by atoms with Gasteiger partial charge in [-0.3, -0.25) is 4.79 Å². The lowest BCUT2D eigenvalue weighted by Crippen LogP contribution is -2.52. The topological polar surface area (TPSA) is 64.7 Å². The van der Waals surface area contributed by atoms with Gasteiger partial charge >= 0.3 is 6.03 Å². The summed E-state index contributed by atoms with van der Waals surface area (Å²) in [4.78, 5) is 28.3. The van der Waals surface area contributed by atoms with E-state index < -0.39 is 0 Å². The normalized spacial score (nSPS) is 19.6. The molecule has 3 rings (SSSR count). The zero-order chi connectivity index (χ0) is 16.9. The summed E-state index contributed by atoms with van der Waals surface area (Å²) in [6, 6.07) is 8.39. The lowest BCUT2D eigenvalue weighted by atomic mass is 10.0.